The number of urea groups is 2. The first-order valence-corrected chi connectivity index (χ1v) is 21.3. The van der Waals surface area contributed by atoms with Crippen molar-refractivity contribution in [3.63, 3.8) is 0 Å². The number of hydrogen-bond acceptors (Lipinski definition) is 9. The molecule has 0 saturated carbocycles. The van der Waals surface area contributed by atoms with Crippen molar-refractivity contribution in [2.24, 2.45) is 11.7 Å². The van der Waals surface area contributed by atoms with Gasteiger partial charge in [0, 0.05) is 12.1 Å². The van der Waals surface area contributed by atoms with Crippen LogP contribution in [0.1, 0.15) is 64.5 Å². The zero-order chi connectivity index (χ0) is 45.7. The van der Waals surface area contributed by atoms with Crippen molar-refractivity contribution in [1.29, 1.82) is 0 Å². The first-order valence-electron chi connectivity index (χ1n) is 21.3. The second kappa shape index (κ2) is 18.9. The number of imide groups is 1. The molecule has 2 fully saturated rings. The van der Waals surface area contributed by atoms with E-state index in [4.69, 9.17) is 15.2 Å². The third-order valence-electron chi connectivity index (χ3n) is 12.1. The summed E-state index contributed by atoms with van der Waals surface area (Å²) in [5.74, 6) is 2.71. The molecule has 3 aliphatic rings. The smallest absolute Gasteiger partial charge is 0.329 e. The SMILES string of the molecule is C=CCNC(=O)C1C2C(=O)OC(c3ccccc3)C(c3ccccc3)N2C(c2ccc(OCCO)cc2)C12C(=O)N(C(=O)NC(C)c1ccccc1)c1ccc(C#CCNC(N)=O)cc12. The van der Waals surface area contributed by atoms with Gasteiger partial charge in [-0.2, -0.15) is 0 Å². The van der Waals surface area contributed by atoms with E-state index in [0.29, 0.717) is 22.4 Å². The summed E-state index contributed by atoms with van der Waals surface area (Å²) in [5.41, 5.74) is 6.88. The van der Waals surface area contributed by atoms with Crippen molar-refractivity contribution in [1.82, 2.24) is 20.9 Å². The van der Waals surface area contributed by atoms with E-state index in [1.165, 1.54) is 6.08 Å². The molecule has 1 spiro atoms. The lowest BCUT2D eigenvalue weighted by molar-refractivity contribution is -0.178. The summed E-state index contributed by atoms with van der Waals surface area (Å²) in [5, 5.41) is 17.9. The Morgan fingerprint density at radius 3 is 2.18 bits per heavy atom. The van der Waals surface area contributed by atoms with Gasteiger partial charge < -0.3 is 36.3 Å². The monoisotopic (exact) mass is 872 g/mol. The number of esters is 1. The topological polar surface area (TPSA) is 193 Å². The van der Waals surface area contributed by atoms with Crippen molar-refractivity contribution in [2.75, 3.05) is 31.2 Å². The molecule has 7 unspecified atom stereocenters. The van der Waals surface area contributed by atoms with E-state index >= 15 is 14.4 Å². The maximum atomic E-state index is 16.4. The average molecular weight is 873 g/mol. The van der Waals surface area contributed by atoms with Crippen LogP contribution in [0.25, 0.3) is 0 Å². The van der Waals surface area contributed by atoms with Gasteiger partial charge in [-0.05, 0) is 65.1 Å². The summed E-state index contributed by atoms with van der Waals surface area (Å²) in [4.78, 5) is 76.2. The van der Waals surface area contributed by atoms with Gasteiger partial charge in [0.15, 0.2) is 0 Å². The standard InChI is InChI=1S/C51H48N6O8/c1-3-27-53-46(59)41-43-47(60)65-44(36-19-11-6-12-20-36)42(35-17-9-5-10-18-35)57(43)45(37-22-24-38(25-23-37)64-30-29-58)51(41)39-31-33(14-13-28-54-49(52)62)21-26-40(39)56(48(51)61)50(63)55-32(2)34-15-7-4-8-16-34/h3-12,15-26,31-32,41-45,58H,1,27-30H2,2H3,(H,53,59)(H,55,63)(H3,52,54,62). The van der Waals surface area contributed by atoms with Crippen LogP contribution in [-0.4, -0.2) is 72.2 Å². The number of nitrogens with one attached hydrogen (secondary N) is 3. The van der Waals surface area contributed by atoms with Gasteiger partial charge >= 0.3 is 18.0 Å². The molecule has 330 valence electrons. The van der Waals surface area contributed by atoms with Gasteiger partial charge in [-0.15, -0.1) is 6.58 Å². The average Bonchev–Trinajstić information content (AvgIpc) is 3.78. The van der Waals surface area contributed by atoms with Crippen molar-refractivity contribution in [3.8, 4) is 17.6 Å². The minimum Gasteiger partial charge on any atom is -0.491 e. The molecule has 3 aliphatic heterocycles. The predicted octanol–water partition coefficient (Wildman–Crippen LogP) is 5.52. The van der Waals surface area contributed by atoms with Gasteiger partial charge in [0.1, 0.15) is 29.9 Å². The van der Waals surface area contributed by atoms with Gasteiger partial charge in [0.25, 0.3) is 0 Å². The summed E-state index contributed by atoms with van der Waals surface area (Å²) in [7, 11) is 0. The van der Waals surface area contributed by atoms with Crippen LogP contribution >= 0.6 is 0 Å². The number of aliphatic hydroxyl groups excluding tert-OH is 1. The Labute approximate surface area is 376 Å². The van der Waals surface area contributed by atoms with Crippen molar-refractivity contribution < 1.29 is 38.6 Å². The maximum Gasteiger partial charge on any atom is 0.329 e. The van der Waals surface area contributed by atoms with Crippen LogP contribution in [0.15, 0.2) is 146 Å². The molecule has 3 heterocycles. The first-order chi connectivity index (χ1) is 31.6. The number of carbonyl (C=O) groups excluding carboxylic acids is 5. The van der Waals surface area contributed by atoms with Crippen LogP contribution in [0.5, 0.6) is 5.75 Å². The van der Waals surface area contributed by atoms with E-state index in [0.717, 1.165) is 16.0 Å². The molecule has 14 heteroatoms. The number of benzene rings is 5. The molecule has 14 nitrogen and oxygen atoms in total. The van der Waals surface area contributed by atoms with Gasteiger partial charge in [-0.1, -0.05) is 121 Å². The Morgan fingerprint density at radius 2 is 1.54 bits per heavy atom. The lowest BCUT2D eigenvalue weighted by Crippen LogP contribution is -2.56. The summed E-state index contributed by atoms with van der Waals surface area (Å²) in [6.45, 7) is 5.34. The molecule has 8 rings (SSSR count). The van der Waals surface area contributed by atoms with Crippen LogP contribution in [0.3, 0.4) is 0 Å². The first kappa shape index (κ1) is 43.9. The normalized spacial score (nSPS) is 22.4. The second-order valence-corrected chi connectivity index (χ2v) is 15.9. The molecule has 5 aromatic rings. The van der Waals surface area contributed by atoms with Crippen LogP contribution in [0.4, 0.5) is 15.3 Å². The number of ether oxygens (including phenoxy) is 2. The molecular formula is C51H48N6O8. The van der Waals surface area contributed by atoms with Crippen molar-refractivity contribution in [3.05, 3.63) is 179 Å². The number of amides is 6. The molecule has 0 bridgehead atoms. The summed E-state index contributed by atoms with van der Waals surface area (Å²) < 4.78 is 12.3. The van der Waals surface area contributed by atoms with Gasteiger partial charge in [0.05, 0.1) is 42.9 Å². The summed E-state index contributed by atoms with van der Waals surface area (Å²) in [6.07, 6.45) is 0.585. The highest BCUT2D eigenvalue weighted by atomic mass is 16.6. The quantitative estimate of drug-likeness (QED) is 0.0611. The third-order valence-corrected chi connectivity index (χ3v) is 12.1. The summed E-state index contributed by atoms with van der Waals surface area (Å²) >= 11 is 0. The molecular weight excluding hydrogens is 825 g/mol. The number of carbonyl (C=O) groups is 5. The maximum absolute atomic E-state index is 16.4. The van der Waals surface area contributed by atoms with Crippen molar-refractivity contribution >= 4 is 35.5 Å². The number of fused-ring (bicyclic) bond motifs is 3. The molecule has 5 aromatic carbocycles. The molecule has 6 amide bonds. The Balaban J connectivity index is 1.43. The van der Waals surface area contributed by atoms with Gasteiger partial charge in [-0.25, -0.2) is 14.5 Å². The number of cyclic esters (lactones) is 1. The highest BCUT2D eigenvalue weighted by molar-refractivity contribution is 6.24. The van der Waals surface area contributed by atoms with Crippen LogP contribution < -0.4 is 31.3 Å². The third kappa shape index (κ3) is 8.19. The minimum atomic E-state index is -2.02. The number of anilines is 1. The fraction of sp³-hybridized carbons (Fsp3) is 0.235. The number of nitrogens with zero attached hydrogens (tertiary/aromatic N) is 2. The van der Waals surface area contributed by atoms with Gasteiger partial charge in [-0.3, -0.25) is 19.3 Å². The highest BCUT2D eigenvalue weighted by Crippen LogP contribution is 2.66. The Hall–Kier alpha value is -7.73. The van der Waals surface area contributed by atoms with E-state index in [2.05, 4.69) is 34.4 Å². The van der Waals surface area contributed by atoms with E-state index in [-0.39, 0.29) is 37.6 Å². The number of nitrogens with two attached hydrogens (primary N) is 1. The molecule has 2 saturated heterocycles. The van der Waals surface area contributed by atoms with E-state index in [9.17, 15) is 14.7 Å². The zero-order valence-corrected chi connectivity index (χ0v) is 35.6. The zero-order valence-electron chi connectivity index (χ0n) is 35.6. The number of aliphatic hydroxyl groups is 1. The number of morpholine rings is 1. The fourth-order valence-electron chi connectivity index (χ4n) is 9.53. The van der Waals surface area contributed by atoms with E-state index in [1.54, 1.807) is 49.4 Å². The lowest BCUT2D eigenvalue weighted by atomic mass is 9.65. The largest absolute Gasteiger partial charge is 0.491 e. The van der Waals surface area contributed by atoms with E-state index < -0.39 is 71.5 Å². The molecule has 6 N–H and O–H groups in total. The highest BCUT2D eigenvalue weighted by Gasteiger charge is 2.75. The minimum absolute atomic E-state index is 0.00170. The van der Waals surface area contributed by atoms with E-state index in [1.807, 2.05) is 95.9 Å². The van der Waals surface area contributed by atoms with Crippen LogP contribution in [0.2, 0.25) is 0 Å². The molecule has 65 heavy (non-hydrogen) atoms. The molecule has 7 atom stereocenters. The Kier molecular flexibility index (Phi) is 12.8. The van der Waals surface area contributed by atoms with Crippen LogP contribution in [-0.2, 0) is 24.5 Å². The second-order valence-electron chi connectivity index (χ2n) is 15.9. The van der Waals surface area contributed by atoms with Crippen molar-refractivity contribution in [2.45, 2.75) is 42.6 Å². The van der Waals surface area contributed by atoms with Gasteiger partial charge in [0.2, 0.25) is 11.8 Å². The number of primary amides is 1. The summed E-state index contributed by atoms with van der Waals surface area (Å²) in [6, 6.07) is 34.5. The Morgan fingerprint density at radius 1 is 0.877 bits per heavy atom. The number of hydrogen-bond donors (Lipinski definition) is 5. The molecule has 0 aromatic heterocycles. The molecule has 0 aliphatic carbocycles. The lowest BCUT2D eigenvalue weighted by Gasteiger charge is -2.46. The number of rotatable bonds is 12. The van der Waals surface area contributed by atoms with Crippen LogP contribution in [0, 0.1) is 17.8 Å². The fourth-order valence-corrected chi connectivity index (χ4v) is 9.53. The molecule has 0 radical (unpaired) electrons. The predicted molar refractivity (Wildman–Crippen MR) is 242 cm³/mol. The Bertz CT molecular complexity index is 2650.